The Balaban J connectivity index is 1.78. The number of fused-ring (bicyclic) bond motifs is 2. The van der Waals surface area contributed by atoms with Gasteiger partial charge in [0.05, 0.1) is 5.54 Å². The minimum Gasteiger partial charge on any atom is -0.306 e. The van der Waals surface area contributed by atoms with E-state index < -0.39 is 0 Å². The van der Waals surface area contributed by atoms with E-state index in [2.05, 4.69) is 37.5 Å². The molecule has 2 aliphatic rings. The Morgan fingerprint density at radius 1 is 1.37 bits per heavy atom. The first-order chi connectivity index (χ1) is 9.07. The quantitative estimate of drug-likeness (QED) is 0.825. The topological polar surface area (TPSA) is 12.0 Å². The Hall–Kier alpha value is -0.340. The molecule has 1 aromatic rings. The van der Waals surface area contributed by atoms with Crippen LogP contribution in [-0.4, -0.2) is 6.54 Å². The minimum absolute atomic E-state index is 0.335. The Morgan fingerprint density at radius 3 is 2.79 bits per heavy atom. The summed E-state index contributed by atoms with van der Waals surface area (Å²) in [4.78, 5) is 1.66. The maximum absolute atomic E-state index is 3.88. The fourth-order valence-electron chi connectivity index (χ4n) is 4.05. The summed E-state index contributed by atoms with van der Waals surface area (Å²) in [5.41, 5.74) is 2.48. The molecule has 0 bridgehead atoms. The number of hydrogen-bond acceptors (Lipinski definition) is 2. The summed E-state index contributed by atoms with van der Waals surface area (Å²) in [5, 5.41) is 6.17. The molecular formula is C17H27NS. The van der Waals surface area contributed by atoms with Crippen molar-refractivity contribution in [3.05, 3.63) is 21.9 Å². The molecule has 0 saturated heterocycles. The lowest BCUT2D eigenvalue weighted by molar-refractivity contribution is 0.0964. The van der Waals surface area contributed by atoms with Crippen molar-refractivity contribution >= 4 is 11.3 Å². The first-order valence-electron chi connectivity index (χ1n) is 7.89. The van der Waals surface area contributed by atoms with E-state index in [1.165, 1.54) is 45.1 Å². The molecule has 1 fully saturated rings. The van der Waals surface area contributed by atoms with Gasteiger partial charge in [0.25, 0.3) is 0 Å². The molecule has 2 heteroatoms. The minimum atomic E-state index is 0.335. The van der Waals surface area contributed by atoms with Crippen LogP contribution in [0.15, 0.2) is 11.4 Å². The van der Waals surface area contributed by atoms with Gasteiger partial charge >= 0.3 is 0 Å². The van der Waals surface area contributed by atoms with Crippen molar-refractivity contribution in [3.8, 4) is 0 Å². The standard InChI is InChI=1S/C17H27NS/c1-4-16(2,3)14-5-9-17(10-6-14)15-13(7-11-18-17)8-12-19-15/h8,12,14,18H,4-7,9-11H2,1-3H3. The van der Waals surface area contributed by atoms with Gasteiger partial charge in [-0.25, -0.2) is 0 Å². The Morgan fingerprint density at radius 2 is 2.11 bits per heavy atom. The van der Waals surface area contributed by atoms with Crippen molar-refractivity contribution in [2.75, 3.05) is 6.54 Å². The van der Waals surface area contributed by atoms with Crippen LogP contribution in [0.1, 0.15) is 63.3 Å². The summed E-state index contributed by atoms with van der Waals surface area (Å²) in [6.07, 6.45) is 8.01. The highest BCUT2D eigenvalue weighted by Gasteiger charge is 2.43. The van der Waals surface area contributed by atoms with Gasteiger partial charge in [0, 0.05) is 11.4 Å². The lowest BCUT2D eigenvalue weighted by Gasteiger charge is -2.47. The van der Waals surface area contributed by atoms with Crippen molar-refractivity contribution in [2.24, 2.45) is 11.3 Å². The molecular weight excluding hydrogens is 250 g/mol. The van der Waals surface area contributed by atoms with Crippen LogP contribution >= 0.6 is 11.3 Å². The third-order valence-electron chi connectivity index (χ3n) is 5.89. The average molecular weight is 277 g/mol. The van der Waals surface area contributed by atoms with Crippen molar-refractivity contribution in [2.45, 2.75) is 64.8 Å². The van der Waals surface area contributed by atoms with E-state index in [0.29, 0.717) is 11.0 Å². The maximum Gasteiger partial charge on any atom is 0.0531 e. The molecule has 1 spiro atoms. The summed E-state index contributed by atoms with van der Waals surface area (Å²) in [6.45, 7) is 8.44. The lowest BCUT2D eigenvalue weighted by atomic mass is 9.64. The highest BCUT2D eigenvalue weighted by molar-refractivity contribution is 7.10. The predicted octanol–water partition coefficient (Wildman–Crippen LogP) is 4.72. The highest BCUT2D eigenvalue weighted by atomic mass is 32.1. The van der Waals surface area contributed by atoms with Gasteiger partial charge in [0.15, 0.2) is 0 Å². The smallest absolute Gasteiger partial charge is 0.0531 e. The lowest BCUT2D eigenvalue weighted by Crippen LogP contribution is -2.49. The third kappa shape index (κ3) is 2.27. The second-order valence-electron chi connectivity index (χ2n) is 7.15. The molecule has 0 atom stereocenters. The van der Waals surface area contributed by atoms with Crippen LogP contribution in [0.4, 0.5) is 0 Å². The molecule has 0 radical (unpaired) electrons. The molecule has 19 heavy (non-hydrogen) atoms. The van der Waals surface area contributed by atoms with Crippen molar-refractivity contribution in [1.29, 1.82) is 0 Å². The van der Waals surface area contributed by atoms with Crippen LogP contribution in [0.5, 0.6) is 0 Å². The number of nitrogens with one attached hydrogen (secondary N) is 1. The summed E-state index contributed by atoms with van der Waals surface area (Å²) in [5.74, 6) is 0.912. The molecule has 3 rings (SSSR count). The second-order valence-corrected chi connectivity index (χ2v) is 8.07. The molecule has 1 N–H and O–H groups in total. The van der Waals surface area contributed by atoms with E-state index in [-0.39, 0.29) is 0 Å². The van der Waals surface area contributed by atoms with E-state index >= 15 is 0 Å². The monoisotopic (exact) mass is 277 g/mol. The molecule has 0 unspecified atom stereocenters. The number of thiophene rings is 1. The molecule has 1 nitrogen and oxygen atoms in total. The molecule has 106 valence electrons. The van der Waals surface area contributed by atoms with E-state index in [1.807, 2.05) is 11.3 Å². The van der Waals surface area contributed by atoms with E-state index in [0.717, 1.165) is 5.92 Å². The van der Waals surface area contributed by atoms with Crippen LogP contribution in [0.2, 0.25) is 0 Å². The van der Waals surface area contributed by atoms with Gasteiger partial charge in [0.1, 0.15) is 0 Å². The highest BCUT2D eigenvalue weighted by Crippen LogP contribution is 2.49. The maximum atomic E-state index is 3.88. The Bertz CT molecular complexity index is 438. The van der Waals surface area contributed by atoms with E-state index in [9.17, 15) is 0 Å². The second kappa shape index (κ2) is 4.89. The van der Waals surface area contributed by atoms with Crippen molar-refractivity contribution < 1.29 is 0 Å². The molecule has 1 saturated carbocycles. The van der Waals surface area contributed by atoms with Crippen LogP contribution in [0, 0.1) is 11.3 Å². The SMILES string of the molecule is CCC(C)(C)C1CCC2(CC1)NCCc1ccsc12. The van der Waals surface area contributed by atoms with Crippen molar-refractivity contribution in [3.63, 3.8) is 0 Å². The molecule has 0 aromatic carbocycles. The van der Waals surface area contributed by atoms with Gasteiger partial charge in [-0.3, -0.25) is 0 Å². The Kier molecular flexibility index (Phi) is 3.51. The van der Waals surface area contributed by atoms with Gasteiger partial charge in [-0.05, 0) is 60.4 Å². The fraction of sp³-hybridized carbons (Fsp3) is 0.765. The molecule has 0 amide bonds. The average Bonchev–Trinajstić information content (AvgIpc) is 2.89. The van der Waals surface area contributed by atoms with Gasteiger partial charge in [-0.2, -0.15) is 0 Å². The molecule has 1 aliphatic heterocycles. The zero-order valence-electron chi connectivity index (χ0n) is 12.6. The van der Waals surface area contributed by atoms with E-state index in [1.54, 1.807) is 10.4 Å². The third-order valence-corrected chi connectivity index (χ3v) is 7.06. The van der Waals surface area contributed by atoms with Gasteiger partial charge < -0.3 is 5.32 Å². The molecule has 1 aliphatic carbocycles. The number of hydrogen-bond donors (Lipinski definition) is 1. The van der Waals surface area contributed by atoms with Crippen LogP contribution in [0.3, 0.4) is 0 Å². The summed E-state index contributed by atoms with van der Waals surface area (Å²) in [6, 6.07) is 2.35. The normalized spacial score (nSPS) is 31.4. The van der Waals surface area contributed by atoms with Gasteiger partial charge in [-0.1, -0.05) is 27.2 Å². The first-order valence-corrected chi connectivity index (χ1v) is 8.77. The summed E-state index contributed by atoms with van der Waals surface area (Å²) >= 11 is 1.98. The molecule has 1 aromatic heterocycles. The zero-order chi connectivity index (χ0) is 13.5. The van der Waals surface area contributed by atoms with E-state index in [4.69, 9.17) is 0 Å². The van der Waals surface area contributed by atoms with Crippen LogP contribution < -0.4 is 5.32 Å². The largest absolute Gasteiger partial charge is 0.306 e. The first kappa shape index (κ1) is 13.6. The van der Waals surface area contributed by atoms with Gasteiger partial charge in [-0.15, -0.1) is 11.3 Å². The zero-order valence-corrected chi connectivity index (χ0v) is 13.4. The van der Waals surface area contributed by atoms with Crippen LogP contribution in [0.25, 0.3) is 0 Å². The Labute approximate surface area is 121 Å². The summed E-state index contributed by atoms with van der Waals surface area (Å²) in [7, 11) is 0. The fourth-order valence-corrected chi connectivity index (χ4v) is 5.25. The predicted molar refractivity (Wildman–Crippen MR) is 83.7 cm³/mol. The number of rotatable bonds is 2. The van der Waals surface area contributed by atoms with Crippen LogP contribution in [-0.2, 0) is 12.0 Å². The molecule has 2 heterocycles. The summed E-state index contributed by atoms with van der Waals surface area (Å²) < 4.78 is 0. The van der Waals surface area contributed by atoms with Crippen molar-refractivity contribution in [1.82, 2.24) is 5.32 Å². The van der Waals surface area contributed by atoms with Gasteiger partial charge in [0.2, 0.25) is 0 Å².